The van der Waals surface area contributed by atoms with Gasteiger partial charge in [0.2, 0.25) is 5.89 Å². The first-order valence-electron chi connectivity index (χ1n) is 7.72. The molecule has 0 spiro atoms. The number of rotatable bonds is 4. The van der Waals surface area contributed by atoms with Gasteiger partial charge in [0, 0.05) is 42.7 Å². The molecule has 118 valence electrons. The highest BCUT2D eigenvalue weighted by atomic mass is 32.2. The van der Waals surface area contributed by atoms with Crippen LogP contribution in [0, 0.1) is 6.92 Å². The Labute approximate surface area is 136 Å². The monoisotopic (exact) mass is 317 g/mol. The summed E-state index contributed by atoms with van der Waals surface area (Å²) in [6.07, 6.45) is 2.08. The Morgan fingerprint density at radius 2 is 2.14 bits per heavy atom. The molecule has 0 radical (unpaired) electrons. The highest BCUT2D eigenvalue weighted by Gasteiger charge is 2.19. The number of nitrogens with zero attached hydrogens (tertiary/aromatic N) is 2. The van der Waals surface area contributed by atoms with Crippen LogP contribution in [0.5, 0.6) is 0 Å². The Balaban J connectivity index is 1.75. The van der Waals surface area contributed by atoms with Crippen LogP contribution in [-0.4, -0.2) is 41.8 Å². The number of piperazine rings is 1. The Morgan fingerprint density at radius 3 is 2.82 bits per heavy atom. The Hall–Kier alpha value is -1.30. The van der Waals surface area contributed by atoms with Gasteiger partial charge >= 0.3 is 0 Å². The Kier molecular flexibility index (Phi) is 4.86. The van der Waals surface area contributed by atoms with Crippen LogP contribution in [0.2, 0.25) is 0 Å². The molecule has 0 aliphatic carbocycles. The molecule has 5 heteroatoms. The van der Waals surface area contributed by atoms with Crippen LogP contribution in [0.3, 0.4) is 0 Å². The minimum absolute atomic E-state index is 0.541. The molecule has 0 amide bonds. The van der Waals surface area contributed by atoms with Crippen molar-refractivity contribution in [3.63, 3.8) is 0 Å². The van der Waals surface area contributed by atoms with Crippen molar-refractivity contribution in [3.8, 4) is 11.5 Å². The van der Waals surface area contributed by atoms with Crippen molar-refractivity contribution in [2.24, 2.45) is 0 Å². The SMILES string of the molecule is CSc1ccc(-c2nc(CN3CCN[C@H](C)C3)c(C)o2)cc1. The summed E-state index contributed by atoms with van der Waals surface area (Å²) in [6, 6.07) is 8.91. The predicted octanol–water partition coefficient (Wildman–Crippen LogP) is 3.17. The first-order chi connectivity index (χ1) is 10.7. The van der Waals surface area contributed by atoms with E-state index < -0.39 is 0 Å². The number of oxazole rings is 1. The normalized spacial score (nSPS) is 19.5. The molecule has 22 heavy (non-hydrogen) atoms. The lowest BCUT2D eigenvalue weighted by Crippen LogP contribution is -2.48. The van der Waals surface area contributed by atoms with E-state index in [1.165, 1.54) is 4.90 Å². The van der Waals surface area contributed by atoms with Crippen LogP contribution in [0.25, 0.3) is 11.5 Å². The topological polar surface area (TPSA) is 41.3 Å². The molecule has 1 fully saturated rings. The van der Waals surface area contributed by atoms with Crippen LogP contribution in [0.4, 0.5) is 0 Å². The van der Waals surface area contributed by atoms with E-state index >= 15 is 0 Å². The van der Waals surface area contributed by atoms with E-state index in [1.54, 1.807) is 11.8 Å². The van der Waals surface area contributed by atoms with E-state index in [2.05, 4.69) is 47.7 Å². The smallest absolute Gasteiger partial charge is 0.226 e. The molecule has 2 aromatic rings. The third-order valence-electron chi connectivity index (χ3n) is 4.06. The van der Waals surface area contributed by atoms with Gasteiger partial charge in [0.05, 0.1) is 5.69 Å². The number of thioether (sulfide) groups is 1. The van der Waals surface area contributed by atoms with Crippen molar-refractivity contribution < 1.29 is 4.42 Å². The fraction of sp³-hybridized carbons (Fsp3) is 0.471. The molecule has 1 aliphatic heterocycles. The third-order valence-corrected chi connectivity index (χ3v) is 4.80. The number of benzene rings is 1. The summed E-state index contributed by atoms with van der Waals surface area (Å²) in [4.78, 5) is 8.41. The molecule has 0 saturated carbocycles. The predicted molar refractivity (Wildman–Crippen MR) is 91.2 cm³/mol. The summed E-state index contributed by atoms with van der Waals surface area (Å²) in [5, 5.41) is 3.47. The standard InChI is InChI=1S/C17H23N3OS/c1-12-10-20(9-8-18-12)11-16-13(2)21-17(19-16)14-4-6-15(22-3)7-5-14/h4-7,12,18H,8-11H2,1-3H3/t12-/m1/s1. The minimum atomic E-state index is 0.541. The molecule has 1 aromatic carbocycles. The fourth-order valence-corrected chi connectivity index (χ4v) is 3.21. The van der Waals surface area contributed by atoms with Gasteiger partial charge in [0.25, 0.3) is 0 Å². The molecule has 1 saturated heterocycles. The first-order valence-corrected chi connectivity index (χ1v) is 8.94. The lowest BCUT2D eigenvalue weighted by atomic mass is 10.2. The maximum absolute atomic E-state index is 5.88. The van der Waals surface area contributed by atoms with Crippen molar-refractivity contribution >= 4 is 11.8 Å². The van der Waals surface area contributed by atoms with Crippen molar-refractivity contribution in [2.75, 3.05) is 25.9 Å². The lowest BCUT2D eigenvalue weighted by molar-refractivity contribution is 0.197. The van der Waals surface area contributed by atoms with Gasteiger partial charge in [-0.3, -0.25) is 4.90 Å². The van der Waals surface area contributed by atoms with Gasteiger partial charge in [0.1, 0.15) is 5.76 Å². The zero-order valence-electron chi connectivity index (χ0n) is 13.4. The van der Waals surface area contributed by atoms with Crippen molar-refractivity contribution in [3.05, 3.63) is 35.7 Å². The van der Waals surface area contributed by atoms with Crippen LogP contribution in [0.1, 0.15) is 18.4 Å². The molecule has 1 aromatic heterocycles. The number of aromatic nitrogens is 1. The molecule has 4 nitrogen and oxygen atoms in total. The zero-order valence-corrected chi connectivity index (χ0v) is 14.2. The van der Waals surface area contributed by atoms with Gasteiger partial charge in [-0.05, 0) is 44.4 Å². The lowest BCUT2D eigenvalue weighted by Gasteiger charge is -2.31. The van der Waals surface area contributed by atoms with E-state index in [0.717, 1.165) is 49.1 Å². The summed E-state index contributed by atoms with van der Waals surface area (Å²) in [5.74, 6) is 1.65. The van der Waals surface area contributed by atoms with Gasteiger partial charge in [-0.2, -0.15) is 0 Å². The number of hydrogen-bond donors (Lipinski definition) is 1. The largest absolute Gasteiger partial charge is 0.441 e. The molecule has 1 aliphatic rings. The summed E-state index contributed by atoms with van der Waals surface area (Å²) < 4.78 is 5.88. The van der Waals surface area contributed by atoms with E-state index in [1.807, 2.05) is 6.92 Å². The Morgan fingerprint density at radius 1 is 1.36 bits per heavy atom. The average Bonchev–Trinajstić information content (AvgIpc) is 2.88. The maximum Gasteiger partial charge on any atom is 0.226 e. The fourth-order valence-electron chi connectivity index (χ4n) is 2.80. The zero-order chi connectivity index (χ0) is 15.5. The molecule has 1 N–H and O–H groups in total. The second-order valence-electron chi connectivity index (χ2n) is 5.84. The maximum atomic E-state index is 5.88. The van der Waals surface area contributed by atoms with Crippen LogP contribution < -0.4 is 5.32 Å². The highest BCUT2D eigenvalue weighted by molar-refractivity contribution is 7.98. The van der Waals surface area contributed by atoms with Crippen LogP contribution in [0.15, 0.2) is 33.6 Å². The van der Waals surface area contributed by atoms with E-state index in [-0.39, 0.29) is 0 Å². The minimum Gasteiger partial charge on any atom is -0.441 e. The quantitative estimate of drug-likeness (QED) is 0.877. The molecule has 2 heterocycles. The van der Waals surface area contributed by atoms with Gasteiger partial charge in [-0.1, -0.05) is 0 Å². The van der Waals surface area contributed by atoms with Gasteiger partial charge in [-0.25, -0.2) is 4.98 Å². The molecule has 0 unspecified atom stereocenters. The number of hydrogen-bond acceptors (Lipinski definition) is 5. The summed E-state index contributed by atoms with van der Waals surface area (Å²) in [5.41, 5.74) is 2.10. The number of nitrogens with one attached hydrogen (secondary N) is 1. The molecular weight excluding hydrogens is 294 g/mol. The van der Waals surface area contributed by atoms with Gasteiger partial charge < -0.3 is 9.73 Å². The first kappa shape index (κ1) is 15.6. The third kappa shape index (κ3) is 3.54. The molecule has 1 atom stereocenters. The van der Waals surface area contributed by atoms with Gasteiger partial charge in [-0.15, -0.1) is 11.8 Å². The molecule has 3 rings (SSSR count). The van der Waals surface area contributed by atoms with Crippen molar-refractivity contribution in [2.45, 2.75) is 31.3 Å². The van der Waals surface area contributed by atoms with E-state index in [9.17, 15) is 0 Å². The highest BCUT2D eigenvalue weighted by Crippen LogP contribution is 2.25. The van der Waals surface area contributed by atoms with Crippen LogP contribution >= 0.6 is 11.8 Å². The second kappa shape index (κ2) is 6.86. The summed E-state index contributed by atoms with van der Waals surface area (Å²) >= 11 is 1.74. The van der Waals surface area contributed by atoms with Crippen molar-refractivity contribution in [1.82, 2.24) is 15.2 Å². The van der Waals surface area contributed by atoms with Gasteiger partial charge in [0.15, 0.2) is 0 Å². The summed E-state index contributed by atoms with van der Waals surface area (Å²) in [7, 11) is 0. The number of aryl methyl sites for hydroxylation is 1. The van der Waals surface area contributed by atoms with Crippen molar-refractivity contribution in [1.29, 1.82) is 0 Å². The Bertz CT molecular complexity index is 623. The van der Waals surface area contributed by atoms with Crippen LogP contribution in [-0.2, 0) is 6.54 Å². The van der Waals surface area contributed by atoms with E-state index in [0.29, 0.717) is 6.04 Å². The van der Waals surface area contributed by atoms with E-state index in [4.69, 9.17) is 9.40 Å². The summed E-state index contributed by atoms with van der Waals surface area (Å²) in [6.45, 7) is 8.26. The average molecular weight is 317 g/mol. The molecular formula is C17H23N3OS. The molecule has 0 bridgehead atoms. The second-order valence-corrected chi connectivity index (χ2v) is 6.72.